The van der Waals surface area contributed by atoms with E-state index in [2.05, 4.69) is 38.6 Å². The van der Waals surface area contributed by atoms with Gasteiger partial charge in [-0.1, -0.05) is 6.08 Å². The minimum Gasteiger partial charge on any atom is -0.340 e. The van der Waals surface area contributed by atoms with Crippen LogP contribution >= 0.6 is 0 Å². The molecule has 160 valence electrons. The molecule has 0 spiro atoms. The van der Waals surface area contributed by atoms with Gasteiger partial charge in [0, 0.05) is 56.2 Å². The van der Waals surface area contributed by atoms with E-state index in [4.69, 9.17) is 4.98 Å². The fourth-order valence-corrected chi connectivity index (χ4v) is 4.59. The summed E-state index contributed by atoms with van der Waals surface area (Å²) in [5.74, 6) is 0.651. The van der Waals surface area contributed by atoms with Crippen molar-refractivity contribution >= 4 is 17.3 Å². The Morgan fingerprint density at radius 2 is 2.03 bits per heavy atom. The lowest BCUT2D eigenvalue weighted by molar-refractivity contribution is -0.130. The number of imidazole rings is 1. The van der Waals surface area contributed by atoms with Crippen LogP contribution in [0.2, 0.25) is 0 Å². The van der Waals surface area contributed by atoms with Gasteiger partial charge in [0.2, 0.25) is 11.7 Å². The maximum Gasteiger partial charge on any atom is 0.234 e. The zero-order chi connectivity index (χ0) is 21.8. The molecule has 0 saturated carbocycles. The highest BCUT2D eigenvalue weighted by Gasteiger charge is 2.25. The fourth-order valence-electron chi connectivity index (χ4n) is 4.59. The van der Waals surface area contributed by atoms with Crippen molar-refractivity contribution in [2.75, 3.05) is 7.05 Å². The van der Waals surface area contributed by atoms with Gasteiger partial charge in [0.25, 0.3) is 0 Å². The SMILES string of the molecule is Cc1nn2cc1C1=CCc3nnc(cc31)-c1c(nc3ncccn13)CN(C)C(=O)CCC2. The summed E-state index contributed by atoms with van der Waals surface area (Å²) in [4.78, 5) is 23.6. The van der Waals surface area contributed by atoms with Crippen LogP contribution in [0, 0.1) is 6.92 Å². The molecule has 1 amide bonds. The third kappa shape index (κ3) is 2.92. The number of fused-ring (bicyclic) bond motifs is 8. The van der Waals surface area contributed by atoms with Gasteiger partial charge in [0.15, 0.2) is 0 Å². The van der Waals surface area contributed by atoms with Gasteiger partial charge in [-0.3, -0.25) is 13.9 Å². The van der Waals surface area contributed by atoms with Crippen LogP contribution in [0.5, 0.6) is 0 Å². The van der Waals surface area contributed by atoms with Crippen LogP contribution in [0.1, 0.15) is 41.1 Å². The molecule has 2 aliphatic rings. The second kappa shape index (κ2) is 7.08. The maximum absolute atomic E-state index is 12.8. The molecule has 0 saturated heterocycles. The second-order valence-electron chi connectivity index (χ2n) is 8.35. The van der Waals surface area contributed by atoms with E-state index in [1.165, 1.54) is 0 Å². The summed E-state index contributed by atoms with van der Waals surface area (Å²) in [6, 6.07) is 3.95. The molecule has 1 aliphatic heterocycles. The fraction of sp³-hybridized carbons (Fsp3) is 0.304. The van der Waals surface area contributed by atoms with Crippen molar-refractivity contribution in [1.29, 1.82) is 0 Å². The zero-order valence-electron chi connectivity index (χ0n) is 18.0. The van der Waals surface area contributed by atoms with Crippen LogP contribution in [0.25, 0.3) is 22.7 Å². The highest BCUT2D eigenvalue weighted by molar-refractivity contribution is 5.86. The molecule has 6 rings (SSSR count). The summed E-state index contributed by atoms with van der Waals surface area (Å²) < 4.78 is 3.86. The first-order chi connectivity index (χ1) is 15.6. The Balaban J connectivity index is 1.58. The molecule has 0 unspecified atom stereocenters. The van der Waals surface area contributed by atoms with Gasteiger partial charge in [0.05, 0.1) is 29.3 Å². The molecule has 0 N–H and O–H groups in total. The van der Waals surface area contributed by atoms with E-state index in [0.29, 0.717) is 31.0 Å². The summed E-state index contributed by atoms with van der Waals surface area (Å²) in [6.45, 7) is 3.10. The van der Waals surface area contributed by atoms with Crippen molar-refractivity contribution in [3.8, 4) is 11.4 Å². The van der Waals surface area contributed by atoms with Crippen molar-refractivity contribution in [3.63, 3.8) is 0 Å². The minimum atomic E-state index is 0.0729. The predicted molar refractivity (Wildman–Crippen MR) is 117 cm³/mol. The first kappa shape index (κ1) is 18.9. The maximum atomic E-state index is 12.8. The highest BCUT2D eigenvalue weighted by Crippen LogP contribution is 2.35. The molecule has 0 aromatic carbocycles. The molecule has 0 radical (unpaired) electrons. The van der Waals surface area contributed by atoms with Gasteiger partial charge in [-0.2, -0.15) is 10.2 Å². The van der Waals surface area contributed by atoms with Crippen LogP contribution in [0.3, 0.4) is 0 Å². The molecule has 9 heteroatoms. The average molecular weight is 426 g/mol. The predicted octanol–water partition coefficient (Wildman–Crippen LogP) is 2.43. The largest absolute Gasteiger partial charge is 0.340 e. The summed E-state index contributed by atoms with van der Waals surface area (Å²) in [6.07, 6.45) is 9.84. The van der Waals surface area contributed by atoms with E-state index in [0.717, 1.165) is 52.3 Å². The van der Waals surface area contributed by atoms with Crippen LogP contribution in [-0.4, -0.2) is 52.2 Å². The molecule has 4 aromatic heterocycles. The molecule has 4 aromatic rings. The van der Waals surface area contributed by atoms with E-state index in [1.54, 1.807) is 11.1 Å². The van der Waals surface area contributed by atoms with E-state index in [9.17, 15) is 4.79 Å². The minimum absolute atomic E-state index is 0.0729. The quantitative estimate of drug-likeness (QED) is 0.429. The van der Waals surface area contributed by atoms with Gasteiger partial charge in [-0.05, 0) is 31.1 Å². The number of nitrogens with zero attached hydrogens (tertiary/aromatic N) is 8. The van der Waals surface area contributed by atoms with Crippen molar-refractivity contribution < 1.29 is 4.79 Å². The molecular formula is C23H22N8O. The number of rotatable bonds is 0. The smallest absolute Gasteiger partial charge is 0.234 e. The van der Waals surface area contributed by atoms with E-state index < -0.39 is 0 Å². The van der Waals surface area contributed by atoms with Crippen molar-refractivity contribution in [2.24, 2.45) is 0 Å². The van der Waals surface area contributed by atoms with Gasteiger partial charge >= 0.3 is 0 Å². The van der Waals surface area contributed by atoms with E-state index >= 15 is 0 Å². The van der Waals surface area contributed by atoms with Crippen molar-refractivity contribution in [3.05, 3.63) is 65.0 Å². The van der Waals surface area contributed by atoms with Crippen LogP contribution in [0.4, 0.5) is 0 Å². The number of carbonyl (C=O) groups excluding carboxylic acids is 1. The third-order valence-electron chi connectivity index (χ3n) is 6.21. The number of hydrogen-bond acceptors (Lipinski definition) is 6. The molecule has 5 heterocycles. The molecular weight excluding hydrogens is 404 g/mol. The van der Waals surface area contributed by atoms with Gasteiger partial charge in [0.1, 0.15) is 5.69 Å². The van der Waals surface area contributed by atoms with Gasteiger partial charge in [-0.25, -0.2) is 9.97 Å². The molecule has 0 fully saturated rings. The molecule has 9 nitrogen and oxygen atoms in total. The standard InChI is InChI=1S/C23H22N8O/c1-14-17-12-30(28-14)9-3-5-21(32)29(2)13-20-22(31-10-4-8-24-23(31)25-20)19-11-16-15(17)6-7-18(16)26-27-19/h4,6,8,10-12H,3,5,7,9,13H2,1-2H3. The molecule has 32 heavy (non-hydrogen) atoms. The number of hydrogen-bond donors (Lipinski definition) is 0. The lowest BCUT2D eigenvalue weighted by Crippen LogP contribution is -2.26. The van der Waals surface area contributed by atoms with Crippen LogP contribution in [-0.2, 0) is 24.3 Å². The number of allylic oxidation sites excluding steroid dienone is 1. The van der Waals surface area contributed by atoms with Crippen LogP contribution in [0.15, 0.2) is 36.8 Å². The Kier molecular flexibility index (Phi) is 4.17. The van der Waals surface area contributed by atoms with Gasteiger partial charge < -0.3 is 4.90 Å². The summed E-state index contributed by atoms with van der Waals surface area (Å²) in [5, 5.41) is 13.8. The Labute approximate surface area is 184 Å². The Bertz CT molecular complexity index is 1410. The number of aromatic nitrogens is 7. The normalized spacial score (nSPS) is 16.0. The molecule has 0 atom stereocenters. The van der Waals surface area contributed by atoms with E-state index in [1.807, 2.05) is 35.3 Å². The average Bonchev–Trinajstić information content (AvgIpc) is 3.46. The second-order valence-corrected chi connectivity index (χ2v) is 8.35. The lowest BCUT2D eigenvalue weighted by Gasteiger charge is -2.17. The van der Waals surface area contributed by atoms with Crippen LogP contribution < -0.4 is 0 Å². The summed E-state index contributed by atoms with van der Waals surface area (Å²) in [7, 11) is 1.81. The summed E-state index contributed by atoms with van der Waals surface area (Å²) >= 11 is 0. The topological polar surface area (TPSA) is 94.1 Å². The van der Waals surface area contributed by atoms with Gasteiger partial charge in [-0.15, -0.1) is 5.10 Å². The molecule has 4 bridgehead atoms. The first-order valence-electron chi connectivity index (χ1n) is 10.8. The highest BCUT2D eigenvalue weighted by atomic mass is 16.2. The monoisotopic (exact) mass is 426 g/mol. The number of aryl methyl sites for hydroxylation is 2. The van der Waals surface area contributed by atoms with E-state index in [-0.39, 0.29) is 5.91 Å². The number of carbonyl (C=O) groups is 1. The first-order valence-corrected chi connectivity index (χ1v) is 10.8. The Morgan fingerprint density at radius 3 is 2.94 bits per heavy atom. The third-order valence-corrected chi connectivity index (χ3v) is 6.21. The zero-order valence-corrected chi connectivity index (χ0v) is 18.0. The Morgan fingerprint density at radius 1 is 1.12 bits per heavy atom. The number of amides is 1. The lowest BCUT2D eigenvalue weighted by atomic mass is 10.0. The molecule has 1 aliphatic carbocycles. The van der Waals surface area contributed by atoms with Crippen molar-refractivity contribution in [2.45, 2.75) is 39.3 Å². The summed E-state index contributed by atoms with van der Waals surface area (Å²) in [5.41, 5.74) is 7.52. The van der Waals surface area contributed by atoms with Crippen molar-refractivity contribution in [1.82, 2.24) is 39.2 Å². The Hall–Kier alpha value is -3.88.